The van der Waals surface area contributed by atoms with Gasteiger partial charge in [-0.3, -0.25) is 9.59 Å². The summed E-state index contributed by atoms with van der Waals surface area (Å²) >= 11 is 0. The molecule has 0 spiro atoms. The average molecular weight is 278 g/mol. The molecular formula is C15H22N2O3. The van der Waals surface area contributed by atoms with E-state index in [0.29, 0.717) is 5.56 Å². The number of carbonyl (C=O) groups excluding carboxylic acids is 1. The predicted octanol–water partition coefficient (Wildman–Crippen LogP) is 2.08. The Morgan fingerprint density at radius 3 is 2.20 bits per heavy atom. The highest BCUT2D eigenvalue weighted by atomic mass is 16.4. The number of hydrogen-bond donors (Lipinski definition) is 1. The lowest BCUT2D eigenvalue weighted by Gasteiger charge is -2.19. The van der Waals surface area contributed by atoms with E-state index in [9.17, 15) is 9.59 Å². The molecule has 0 aliphatic carbocycles. The average Bonchev–Trinajstić information content (AvgIpc) is 2.44. The molecule has 1 N–H and O–H groups in total. The molecule has 1 amide bonds. The van der Waals surface area contributed by atoms with E-state index in [-0.39, 0.29) is 18.9 Å². The van der Waals surface area contributed by atoms with Crippen molar-refractivity contribution in [3.63, 3.8) is 0 Å². The van der Waals surface area contributed by atoms with Gasteiger partial charge in [0.1, 0.15) is 0 Å². The van der Waals surface area contributed by atoms with Crippen LogP contribution in [0.2, 0.25) is 0 Å². The van der Waals surface area contributed by atoms with Gasteiger partial charge >= 0.3 is 5.97 Å². The number of benzene rings is 1. The molecule has 0 saturated heterocycles. The molecule has 0 aliphatic heterocycles. The molecule has 0 fully saturated rings. The van der Waals surface area contributed by atoms with Crippen molar-refractivity contribution in [3.05, 3.63) is 29.8 Å². The van der Waals surface area contributed by atoms with Crippen LogP contribution >= 0.6 is 0 Å². The van der Waals surface area contributed by atoms with Crippen molar-refractivity contribution >= 4 is 17.6 Å². The summed E-state index contributed by atoms with van der Waals surface area (Å²) in [6.07, 6.45) is 1.02. The molecule has 0 aromatic heterocycles. The van der Waals surface area contributed by atoms with Crippen LogP contribution in [0.25, 0.3) is 0 Å². The molecule has 0 unspecified atom stereocenters. The standard InChI is InChI=1S/C15H22N2O3/c1-4-10-16(2)13-7-5-12(6-8-13)15(20)17(3)11-9-14(18)19/h5-8H,4,9-11H2,1-3H3,(H,18,19). The highest BCUT2D eigenvalue weighted by Gasteiger charge is 2.12. The Morgan fingerprint density at radius 1 is 1.10 bits per heavy atom. The second-order valence-corrected chi connectivity index (χ2v) is 4.84. The molecule has 1 aromatic rings. The van der Waals surface area contributed by atoms with Crippen LogP contribution in [0.4, 0.5) is 5.69 Å². The van der Waals surface area contributed by atoms with Gasteiger partial charge < -0.3 is 14.9 Å². The predicted molar refractivity (Wildman–Crippen MR) is 79.2 cm³/mol. The van der Waals surface area contributed by atoms with Crippen molar-refractivity contribution < 1.29 is 14.7 Å². The Bertz CT molecular complexity index is 457. The summed E-state index contributed by atoms with van der Waals surface area (Å²) in [6.45, 7) is 3.29. The van der Waals surface area contributed by atoms with E-state index in [1.54, 1.807) is 19.2 Å². The van der Waals surface area contributed by atoms with Gasteiger partial charge in [-0.1, -0.05) is 6.92 Å². The highest BCUT2D eigenvalue weighted by Crippen LogP contribution is 2.15. The second kappa shape index (κ2) is 7.53. The lowest BCUT2D eigenvalue weighted by atomic mass is 10.1. The van der Waals surface area contributed by atoms with Crippen LogP contribution < -0.4 is 4.90 Å². The van der Waals surface area contributed by atoms with E-state index in [4.69, 9.17) is 5.11 Å². The van der Waals surface area contributed by atoms with Crippen molar-refractivity contribution in [3.8, 4) is 0 Å². The zero-order chi connectivity index (χ0) is 15.1. The minimum absolute atomic E-state index is 0.0421. The van der Waals surface area contributed by atoms with E-state index < -0.39 is 5.97 Å². The van der Waals surface area contributed by atoms with Crippen LogP contribution in [0.15, 0.2) is 24.3 Å². The third kappa shape index (κ3) is 4.57. The number of nitrogens with zero attached hydrogens (tertiary/aromatic N) is 2. The third-order valence-electron chi connectivity index (χ3n) is 3.12. The molecule has 0 radical (unpaired) electrons. The molecule has 0 heterocycles. The Morgan fingerprint density at radius 2 is 1.70 bits per heavy atom. The van der Waals surface area contributed by atoms with E-state index in [0.717, 1.165) is 18.7 Å². The Kier molecular flexibility index (Phi) is 6.03. The number of aliphatic carboxylic acids is 1. The fourth-order valence-corrected chi connectivity index (χ4v) is 1.91. The summed E-state index contributed by atoms with van der Waals surface area (Å²) in [6, 6.07) is 7.38. The first-order valence-corrected chi connectivity index (χ1v) is 6.74. The van der Waals surface area contributed by atoms with Gasteiger partial charge in [0, 0.05) is 38.4 Å². The van der Waals surface area contributed by atoms with Gasteiger partial charge in [-0.15, -0.1) is 0 Å². The molecule has 0 atom stereocenters. The van der Waals surface area contributed by atoms with Crippen molar-refractivity contribution in [2.24, 2.45) is 0 Å². The van der Waals surface area contributed by atoms with Gasteiger partial charge in [0.15, 0.2) is 0 Å². The number of anilines is 1. The lowest BCUT2D eigenvalue weighted by Crippen LogP contribution is -2.29. The summed E-state index contributed by atoms with van der Waals surface area (Å²) in [5, 5.41) is 8.62. The number of rotatable bonds is 7. The number of carboxylic acids is 1. The van der Waals surface area contributed by atoms with E-state index in [1.165, 1.54) is 4.90 Å². The summed E-state index contributed by atoms with van der Waals surface area (Å²) in [7, 11) is 3.63. The van der Waals surface area contributed by atoms with Crippen LogP contribution in [0.5, 0.6) is 0 Å². The van der Waals surface area contributed by atoms with Crippen LogP contribution in [-0.2, 0) is 4.79 Å². The highest BCUT2D eigenvalue weighted by molar-refractivity contribution is 5.94. The molecule has 5 heteroatoms. The number of hydrogen-bond acceptors (Lipinski definition) is 3. The van der Waals surface area contributed by atoms with Crippen molar-refractivity contribution in [2.45, 2.75) is 19.8 Å². The van der Waals surface area contributed by atoms with Gasteiger partial charge in [0.25, 0.3) is 5.91 Å². The zero-order valence-corrected chi connectivity index (χ0v) is 12.3. The number of carboxylic acid groups (broad SMARTS) is 1. The first kappa shape index (κ1) is 16.0. The molecule has 110 valence electrons. The smallest absolute Gasteiger partial charge is 0.305 e. The first-order valence-electron chi connectivity index (χ1n) is 6.74. The molecule has 5 nitrogen and oxygen atoms in total. The SMILES string of the molecule is CCCN(C)c1ccc(C(=O)N(C)CCC(=O)O)cc1. The Balaban J connectivity index is 2.67. The van der Waals surface area contributed by atoms with Gasteiger partial charge in [0.2, 0.25) is 0 Å². The van der Waals surface area contributed by atoms with Crippen LogP contribution in [0.3, 0.4) is 0 Å². The minimum Gasteiger partial charge on any atom is -0.481 e. The largest absolute Gasteiger partial charge is 0.481 e. The van der Waals surface area contributed by atoms with Crippen LogP contribution in [0.1, 0.15) is 30.1 Å². The van der Waals surface area contributed by atoms with Gasteiger partial charge in [-0.05, 0) is 30.7 Å². The van der Waals surface area contributed by atoms with Crippen molar-refractivity contribution in [2.75, 3.05) is 32.1 Å². The normalized spacial score (nSPS) is 10.2. The monoisotopic (exact) mass is 278 g/mol. The lowest BCUT2D eigenvalue weighted by molar-refractivity contribution is -0.137. The van der Waals surface area contributed by atoms with Gasteiger partial charge in [-0.25, -0.2) is 0 Å². The number of carbonyl (C=O) groups is 2. The summed E-state index contributed by atoms with van der Waals surface area (Å²) in [5.74, 6) is -1.06. The van der Waals surface area contributed by atoms with E-state index in [2.05, 4.69) is 11.8 Å². The van der Waals surface area contributed by atoms with Crippen LogP contribution in [-0.4, -0.2) is 49.1 Å². The summed E-state index contributed by atoms with van der Waals surface area (Å²) in [5.41, 5.74) is 1.64. The van der Waals surface area contributed by atoms with Crippen molar-refractivity contribution in [1.29, 1.82) is 0 Å². The molecule has 20 heavy (non-hydrogen) atoms. The minimum atomic E-state index is -0.902. The van der Waals surface area contributed by atoms with E-state index >= 15 is 0 Å². The maximum atomic E-state index is 12.1. The first-order chi connectivity index (χ1) is 9.45. The number of amides is 1. The topological polar surface area (TPSA) is 60.9 Å². The Labute approximate surface area is 119 Å². The molecule has 0 bridgehead atoms. The maximum Gasteiger partial charge on any atom is 0.305 e. The fourth-order valence-electron chi connectivity index (χ4n) is 1.91. The van der Waals surface area contributed by atoms with Crippen molar-refractivity contribution in [1.82, 2.24) is 4.90 Å². The van der Waals surface area contributed by atoms with E-state index in [1.807, 2.05) is 19.2 Å². The molecule has 0 saturated carbocycles. The summed E-state index contributed by atoms with van der Waals surface area (Å²) < 4.78 is 0. The molecule has 1 aromatic carbocycles. The Hall–Kier alpha value is -2.04. The van der Waals surface area contributed by atoms with Crippen LogP contribution in [0, 0.1) is 0 Å². The fraction of sp³-hybridized carbons (Fsp3) is 0.467. The maximum absolute atomic E-state index is 12.1. The zero-order valence-electron chi connectivity index (χ0n) is 12.3. The summed E-state index contributed by atoms with van der Waals surface area (Å²) in [4.78, 5) is 26.1. The molecule has 1 rings (SSSR count). The third-order valence-corrected chi connectivity index (χ3v) is 3.12. The van der Waals surface area contributed by atoms with Gasteiger partial charge in [-0.2, -0.15) is 0 Å². The molecule has 0 aliphatic rings. The second-order valence-electron chi connectivity index (χ2n) is 4.84. The molecular weight excluding hydrogens is 256 g/mol. The van der Waals surface area contributed by atoms with Gasteiger partial charge in [0.05, 0.1) is 6.42 Å². The quantitative estimate of drug-likeness (QED) is 0.829.